The highest BCUT2D eigenvalue weighted by Crippen LogP contribution is 2.43. The Labute approximate surface area is 356 Å². The molecular weight excluding hydrogens is 743 g/mol. The summed E-state index contributed by atoms with van der Waals surface area (Å²) in [5.74, 6) is 9.38. The third-order valence-corrected chi connectivity index (χ3v) is 16.1. The number of nitrogens with one attached hydrogen (secondary N) is 2. The summed E-state index contributed by atoms with van der Waals surface area (Å²) < 4.78 is 5.71. The van der Waals surface area contributed by atoms with Crippen LogP contribution in [-0.4, -0.2) is 95.4 Å². The highest BCUT2D eigenvalue weighted by atomic mass is 16.5. The molecule has 8 N–H and O–H groups in total. The first-order valence-corrected chi connectivity index (χ1v) is 24.3. The van der Waals surface area contributed by atoms with E-state index < -0.39 is 24.2 Å². The van der Waals surface area contributed by atoms with Gasteiger partial charge in [0.2, 0.25) is 0 Å². The number of carbonyl (C=O) groups is 2. The largest absolute Gasteiger partial charge is 0.396 e. The topological polar surface area (TPSA) is 174 Å². The summed E-state index contributed by atoms with van der Waals surface area (Å²) in [5, 5.41) is 51.3. The lowest BCUT2D eigenvalue weighted by Gasteiger charge is -2.42. The van der Waals surface area contributed by atoms with E-state index >= 15 is 0 Å². The fourth-order valence-electron chi connectivity index (χ4n) is 12.5. The van der Waals surface area contributed by atoms with Crippen LogP contribution in [-0.2, 0) is 14.3 Å². The van der Waals surface area contributed by atoms with Gasteiger partial charge in [-0.15, -0.1) is 0 Å². The molecule has 6 rings (SSSR count). The van der Waals surface area contributed by atoms with E-state index in [1.165, 1.54) is 32.1 Å². The number of methoxy groups -OCH3 is 1. The van der Waals surface area contributed by atoms with Gasteiger partial charge in [0.1, 0.15) is 17.5 Å². The van der Waals surface area contributed by atoms with Crippen LogP contribution in [0.25, 0.3) is 0 Å². The summed E-state index contributed by atoms with van der Waals surface area (Å²) in [4.78, 5) is 25.9. The molecule has 3 saturated carbocycles. The van der Waals surface area contributed by atoms with Crippen LogP contribution in [0, 0.1) is 71.0 Å². The number of fused-ring (bicyclic) bond motifs is 2. The number of aliphatic hydroxyl groups is 4. The Morgan fingerprint density at radius 2 is 1.68 bits per heavy atom. The lowest BCUT2D eigenvalue weighted by atomic mass is 9.67. The van der Waals surface area contributed by atoms with Crippen molar-refractivity contribution in [3.63, 3.8) is 0 Å². The highest BCUT2D eigenvalue weighted by molar-refractivity contribution is 5.84. The number of allylic oxidation sites excluding steroid dienone is 2. The molecule has 10 nitrogen and oxygen atoms in total. The van der Waals surface area contributed by atoms with Crippen molar-refractivity contribution < 1.29 is 34.8 Å². The predicted octanol–water partition coefficient (Wildman–Crippen LogP) is 5.82. The second kappa shape index (κ2) is 23.7. The number of ether oxygens (including phenoxy) is 1. The number of aliphatic hydroxyl groups excluding tert-OH is 4. The van der Waals surface area contributed by atoms with E-state index in [0.717, 1.165) is 64.5 Å². The van der Waals surface area contributed by atoms with Crippen LogP contribution < -0.4 is 16.4 Å². The van der Waals surface area contributed by atoms with Gasteiger partial charge in [0, 0.05) is 44.9 Å². The van der Waals surface area contributed by atoms with E-state index in [1.54, 1.807) is 7.11 Å². The number of piperidine rings is 2. The maximum atomic E-state index is 13.9. The van der Waals surface area contributed by atoms with Crippen molar-refractivity contribution in [2.45, 2.75) is 184 Å². The monoisotopic (exact) mass is 824 g/mol. The summed E-state index contributed by atoms with van der Waals surface area (Å²) >= 11 is 0. The molecule has 0 bridgehead atoms. The van der Waals surface area contributed by atoms with Crippen LogP contribution in [0.2, 0.25) is 0 Å². The van der Waals surface area contributed by atoms with E-state index in [9.17, 15) is 30.0 Å². The van der Waals surface area contributed by atoms with Gasteiger partial charge < -0.3 is 41.5 Å². The number of hydrogen-bond acceptors (Lipinski definition) is 10. The minimum atomic E-state index is -0.858. The molecule has 0 amide bonds. The molecule has 0 aromatic heterocycles. The fraction of sp³-hybridized carbons (Fsp3) is 0.878. The molecule has 2 aliphatic heterocycles. The number of hydrogen-bond donors (Lipinski definition) is 7. The van der Waals surface area contributed by atoms with E-state index in [4.69, 9.17) is 10.5 Å². The minimum absolute atomic E-state index is 0.00324. The number of carbonyl (C=O) groups excluding carboxylic acids is 2. The van der Waals surface area contributed by atoms with Gasteiger partial charge in [0.05, 0.1) is 30.6 Å². The van der Waals surface area contributed by atoms with Crippen molar-refractivity contribution in [3.05, 3.63) is 12.2 Å². The summed E-state index contributed by atoms with van der Waals surface area (Å²) in [5.41, 5.74) is 6.37. The standard InChI is InChI=1S/C49H81N3O7/c1-59-48-27-37-17-21-46(57)42(45(56)11-5-9-33(10-6-24-53)39-25-38-15-19-41(55)29-44(38)52-31-39)20-16-34(43(37)30-47(48)58)14-18-40(54)26-35(36-22-23-51-49(50)28-36)13-12-32-7-3-2-4-8-32/h12-13,32-40,42-45,47-49,51-54,56,58H,2-11,14-15,17-19,21-31,50H2,1H3/t33-,34-,35+,36?,37?,38+,39-,40+,42-,43?,44-,45-,47?,48?,49?/m1/s1. The van der Waals surface area contributed by atoms with Crippen LogP contribution in [0.3, 0.4) is 0 Å². The van der Waals surface area contributed by atoms with Crippen LogP contribution in [0.5, 0.6) is 0 Å². The Bertz CT molecular complexity index is 1390. The third-order valence-electron chi connectivity index (χ3n) is 16.1. The molecule has 6 aliphatic rings. The number of rotatable bonds is 18. The summed E-state index contributed by atoms with van der Waals surface area (Å²) in [6.45, 7) is 1.96. The van der Waals surface area contributed by atoms with Crippen molar-refractivity contribution in [1.29, 1.82) is 0 Å². The van der Waals surface area contributed by atoms with Crippen molar-refractivity contribution in [2.24, 2.45) is 64.9 Å². The lowest BCUT2D eigenvalue weighted by Crippen LogP contribution is -2.50. The van der Waals surface area contributed by atoms with E-state index in [0.29, 0.717) is 106 Å². The molecule has 0 aromatic carbocycles. The van der Waals surface area contributed by atoms with Gasteiger partial charge in [-0.2, -0.15) is 0 Å². The van der Waals surface area contributed by atoms with Gasteiger partial charge in [-0.1, -0.05) is 56.1 Å². The predicted molar refractivity (Wildman–Crippen MR) is 232 cm³/mol. The summed E-state index contributed by atoms with van der Waals surface area (Å²) in [7, 11) is 1.65. The molecule has 0 aromatic rings. The molecule has 2 saturated heterocycles. The van der Waals surface area contributed by atoms with Crippen LogP contribution in [0.4, 0.5) is 0 Å². The molecule has 6 unspecified atom stereocenters. The first kappa shape index (κ1) is 46.8. The number of Topliss-reactive ketones (excluding diaryl/α,β-unsaturated/α-hetero) is 2. The molecular formula is C49H81N3O7. The first-order valence-electron chi connectivity index (χ1n) is 24.3. The normalized spacial score (nSPS) is 36.9. The average Bonchev–Trinajstić information content (AvgIpc) is 3.30. The maximum Gasteiger partial charge on any atom is 0.150 e. The smallest absolute Gasteiger partial charge is 0.150 e. The molecule has 15 atom stereocenters. The van der Waals surface area contributed by atoms with E-state index in [-0.39, 0.29) is 48.3 Å². The highest BCUT2D eigenvalue weighted by Gasteiger charge is 2.42. The van der Waals surface area contributed by atoms with Crippen molar-refractivity contribution in [2.75, 3.05) is 26.8 Å². The lowest BCUT2D eigenvalue weighted by molar-refractivity contribution is -0.125. The molecule has 4 aliphatic carbocycles. The zero-order chi connectivity index (χ0) is 41.7. The molecule has 5 fully saturated rings. The van der Waals surface area contributed by atoms with Crippen LogP contribution in [0.1, 0.15) is 148 Å². The van der Waals surface area contributed by atoms with Gasteiger partial charge in [-0.05, 0) is 157 Å². The Hall–Kier alpha value is -1.68. The molecule has 59 heavy (non-hydrogen) atoms. The van der Waals surface area contributed by atoms with E-state index in [2.05, 4.69) is 34.6 Å². The zero-order valence-electron chi connectivity index (χ0n) is 36.4. The maximum absolute atomic E-state index is 13.9. The second-order valence-electron chi connectivity index (χ2n) is 20.0. The summed E-state index contributed by atoms with van der Waals surface area (Å²) in [6, 6.07) is 0.296. The summed E-state index contributed by atoms with van der Waals surface area (Å²) in [6.07, 6.45) is 22.5. The molecule has 0 radical (unpaired) electrons. The minimum Gasteiger partial charge on any atom is -0.396 e. The van der Waals surface area contributed by atoms with E-state index in [1.807, 2.05) is 0 Å². The number of nitrogens with two attached hydrogens (primary N) is 1. The SMILES string of the molecule is COC1CC2CCC(=O)[C@@H]([C@H](O)CCC[C@H](CCCO)[C@H]3CN[C@@H]4CC(=O)CC[C@H]4C3)C#C[C@@H](CC[C@H](O)C[C@H](C=CC3CCCCC3)C3CCNC(N)C3)C2CC1O. The first-order chi connectivity index (χ1) is 28.6. The van der Waals surface area contributed by atoms with Gasteiger partial charge >= 0.3 is 0 Å². The van der Waals surface area contributed by atoms with Crippen molar-refractivity contribution in [1.82, 2.24) is 10.6 Å². The fourth-order valence-corrected chi connectivity index (χ4v) is 12.5. The van der Waals surface area contributed by atoms with Gasteiger partial charge in [0.25, 0.3) is 0 Å². The average molecular weight is 824 g/mol. The van der Waals surface area contributed by atoms with Crippen molar-refractivity contribution >= 4 is 11.6 Å². The third kappa shape index (κ3) is 13.7. The van der Waals surface area contributed by atoms with Crippen molar-refractivity contribution in [3.8, 4) is 11.8 Å². The Balaban J connectivity index is 1.11. The Kier molecular flexibility index (Phi) is 18.8. The molecule has 10 heteroatoms. The molecule has 0 spiro atoms. The Morgan fingerprint density at radius 1 is 0.881 bits per heavy atom. The zero-order valence-corrected chi connectivity index (χ0v) is 36.4. The quantitative estimate of drug-likeness (QED) is 0.0660. The number of ketones is 2. The Morgan fingerprint density at radius 3 is 2.46 bits per heavy atom. The van der Waals surface area contributed by atoms with Gasteiger partial charge in [0.15, 0.2) is 0 Å². The van der Waals surface area contributed by atoms with Crippen LogP contribution >= 0.6 is 0 Å². The molecule has 334 valence electrons. The van der Waals surface area contributed by atoms with Crippen LogP contribution in [0.15, 0.2) is 12.2 Å². The van der Waals surface area contributed by atoms with Gasteiger partial charge in [-0.25, -0.2) is 0 Å². The molecule has 2 heterocycles. The second-order valence-corrected chi connectivity index (χ2v) is 20.0. The van der Waals surface area contributed by atoms with Gasteiger partial charge in [-0.3, -0.25) is 9.59 Å².